The normalized spacial score (nSPS) is 21.5. The number of amides is 2. The second-order valence-corrected chi connectivity index (χ2v) is 7.38. The van der Waals surface area contributed by atoms with Crippen LogP contribution in [-0.2, 0) is 9.59 Å². The molecule has 2 rings (SSSR count). The first-order valence-corrected chi connectivity index (χ1v) is 10.1. The Labute approximate surface area is 157 Å². The van der Waals surface area contributed by atoms with Crippen LogP contribution >= 0.6 is 0 Å². The summed E-state index contributed by atoms with van der Waals surface area (Å²) < 4.78 is 0. The molecule has 0 aromatic heterocycles. The number of guanidine groups is 1. The molecule has 0 aromatic rings. The van der Waals surface area contributed by atoms with Crippen molar-refractivity contribution in [1.82, 2.24) is 20.9 Å². The van der Waals surface area contributed by atoms with Crippen molar-refractivity contribution in [1.29, 1.82) is 0 Å². The lowest BCUT2D eigenvalue weighted by Gasteiger charge is -2.21. The molecule has 2 amide bonds. The predicted molar refractivity (Wildman–Crippen MR) is 104 cm³/mol. The van der Waals surface area contributed by atoms with Crippen LogP contribution < -0.4 is 16.0 Å². The molecule has 148 valence electrons. The Morgan fingerprint density at radius 3 is 2.50 bits per heavy atom. The van der Waals surface area contributed by atoms with Gasteiger partial charge in [0, 0.05) is 52.1 Å². The molecule has 0 aromatic carbocycles. The number of nitrogens with one attached hydrogen (secondary N) is 3. The van der Waals surface area contributed by atoms with E-state index in [1.807, 2.05) is 11.8 Å². The van der Waals surface area contributed by atoms with Crippen molar-refractivity contribution >= 4 is 17.8 Å². The Morgan fingerprint density at radius 1 is 1.08 bits per heavy atom. The number of aliphatic imine (C=N–C) groups is 1. The van der Waals surface area contributed by atoms with Crippen LogP contribution in [0.3, 0.4) is 0 Å². The van der Waals surface area contributed by atoms with Gasteiger partial charge in [-0.1, -0.05) is 26.2 Å². The molecule has 1 heterocycles. The fourth-order valence-corrected chi connectivity index (χ4v) is 3.82. The monoisotopic (exact) mass is 365 g/mol. The summed E-state index contributed by atoms with van der Waals surface area (Å²) in [5, 5.41) is 9.59. The van der Waals surface area contributed by atoms with Crippen molar-refractivity contribution in [3.05, 3.63) is 0 Å². The third-order valence-corrected chi connectivity index (χ3v) is 5.35. The van der Waals surface area contributed by atoms with Crippen LogP contribution in [0.2, 0.25) is 0 Å². The van der Waals surface area contributed by atoms with Gasteiger partial charge in [-0.25, -0.2) is 0 Å². The number of hydrogen-bond acceptors (Lipinski definition) is 3. The lowest BCUT2D eigenvalue weighted by Crippen LogP contribution is -2.46. The van der Waals surface area contributed by atoms with Crippen molar-refractivity contribution in [3.8, 4) is 0 Å². The van der Waals surface area contributed by atoms with Gasteiger partial charge in [0.2, 0.25) is 11.8 Å². The van der Waals surface area contributed by atoms with Crippen molar-refractivity contribution in [3.63, 3.8) is 0 Å². The number of hydrogen-bond donors (Lipinski definition) is 3. The van der Waals surface area contributed by atoms with E-state index in [9.17, 15) is 9.59 Å². The van der Waals surface area contributed by atoms with Gasteiger partial charge in [0.25, 0.3) is 0 Å². The second-order valence-electron chi connectivity index (χ2n) is 7.38. The highest BCUT2D eigenvalue weighted by atomic mass is 16.2. The van der Waals surface area contributed by atoms with Crippen molar-refractivity contribution in [2.75, 3.05) is 33.2 Å². The Hall–Kier alpha value is -1.79. The Balaban J connectivity index is 1.58. The van der Waals surface area contributed by atoms with Crippen LogP contribution in [0, 0.1) is 5.92 Å². The molecule has 1 unspecified atom stereocenters. The average molecular weight is 366 g/mol. The van der Waals surface area contributed by atoms with Crippen LogP contribution in [0.15, 0.2) is 4.99 Å². The average Bonchev–Trinajstić information content (AvgIpc) is 3.13. The number of rotatable bonds is 7. The number of carbonyl (C=O) groups excluding carboxylic acids is 2. The topological polar surface area (TPSA) is 85.8 Å². The highest BCUT2D eigenvalue weighted by Crippen LogP contribution is 2.25. The zero-order valence-corrected chi connectivity index (χ0v) is 16.4. The molecule has 1 saturated carbocycles. The van der Waals surface area contributed by atoms with Gasteiger partial charge in [-0.15, -0.1) is 0 Å². The summed E-state index contributed by atoms with van der Waals surface area (Å²) >= 11 is 0. The fraction of sp³-hybridized carbons (Fsp3) is 0.842. The van der Waals surface area contributed by atoms with Gasteiger partial charge in [-0.05, 0) is 25.2 Å². The van der Waals surface area contributed by atoms with Crippen LogP contribution in [0.1, 0.15) is 58.3 Å². The van der Waals surface area contributed by atoms with Crippen molar-refractivity contribution in [2.24, 2.45) is 10.9 Å². The second kappa shape index (κ2) is 11.0. The quantitative estimate of drug-likeness (QED) is 0.360. The molecule has 1 aliphatic heterocycles. The molecule has 1 atom stereocenters. The van der Waals surface area contributed by atoms with Gasteiger partial charge in [0.1, 0.15) is 0 Å². The smallest absolute Gasteiger partial charge is 0.222 e. The summed E-state index contributed by atoms with van der Waals surface area (Å²) in [5.74, 6) is 1.66. The van der Waals surface area contributed by atoms with E-state index in [1.54, 1.807) is 7.05 Å². The van der Waals surface area contributed by atoms with E-state index >= 15 is 0 Å². The molecule has 1 aliphatic carbocycles. The van der Waals surface area contributed by atoms with Crippen LogP contribution in [-0.4, -0.2) is 61.9 Å². The third-order valence-electron chi connectivity index (χ3n) is 5.35. The molecule has 2 fully saturated rings. The SMILES string of the molecule is CCC(=O)N1CCC(NC(=NC)NCCNC(=O)CC2CCCCC2)C1. The maximum Gasteiger partial charge on any atom is 0.222 e. The number of nitrogens with zero attached hydrogens (tertiary/aromatic N) is 2. The molecule has 1 saturated heterocycles. The van der Waals surface area contributed by atoms with Gasteiger partial charge in [-0.2, -0.15) is 0 Å². The number of likely N-dealkylation sites (tertiary alicyclic amines) is 1. The zero-order chi connectivity index (χ0) is 18.8. The van der Waals surface area contributed by atoms with Crippen LogP contribution in [0.25, 0.3) is 0 Å². The maximum absolute atomic E-state index is 12.0. The summed E-state index contributed by atoms with van der Waals surface area (Å²) in [5.41, 5.74) is 0. The highest BCUT2D eigenvalue weighted by Gasteiger charge is 2.25. The van der Waals surface area contributed by atoms with Crippen LogP contribution in [0.4, 0.5) is 0 Å². The van der Waals surface area contributed by atoms with Gasteiger partial charge in [0.05, 0.1) is 0 Å². The highest BCUT2D eigenvalue weighted by molar-refractivity contribution is 5.81. The van der Waals surface area contributed by atoms with Gasteiger partial charge in [0.15, 0.2) is 5.96 Å². The molecule has 7 nitrogen and oxygen atoms in total. The molecule has 2 aliphatic rings. The predicted octanol–water partition coefficient (Wildman–Crippen LogP) is 1.25. The Kier molecular flexibility index (Phi) is 8.71. The fourth-order valence-electron chi connectivity index (χ4n) is 3.82. The first-order valence-electron chi connectivity index (χ1n) is 10.1. The van der Waals surface area contributed by atoms with Crippen LogP contribution in [0.5, 0.6) is 0 Å². The lowest BCUT2D eigenvalue weighted by molar-refractivity contribution is -0.129. The van der Waals surface area contributed by atoms with Gasteiger partial charge < -0.3 is 20.9 Å². The minimum atomic E-state index is 0.158. The Bertz CT molecular complexity index is 488. The maximum atomic E-state index is 12.0. The molecular formula is C19H35N5O2. The largest absolute Gasteiger partial charge is 0.355 e. The molecule has 0 spiro atoms. The van der Waals surface area contributed by atoms with Gasteiger partial charge in [-0.3, -0.25) is 14.6 Å². The van der Waals surface area contributed by atoms with Crippen molar-refractivity contribution < 1.29 is 9.59 Å². The van der Waals surface area contributed by atoms with Crippen molar-refractivity contribution in [2.45, 2.75) is 64.3 Å². The molecular weight excluding hydrogens is 330 g/mol. The van der Waals surface area contributed by atoms with Gasteiger partial charge >= 0.3 is 0 Å². The van der Waals surface area contributed by atoms with E-state index < -0.39 is 0 Å². The summed E-state index contributed by atoms with van der Waals surface area (Å²) in [6.45, 7) is 4.66. The molecule has 0 radical (unpaired) electrons. The Morgan fingerprint density at radius 2 is 1.81 bits per heavy atom. The minimum absolute atomic E-state index is 0.158. The minimum Gasteiger partial charge on any atom is -0.355 e. The van der Waals surface area contributed by atoms with E-state index in [-0.39, 0.29) is 17.9 Å². The molecule has 3 N–H and O–H groups in total. The van der Waals surface area contributed by atoms with E-state index in [1.165, 1.54) is 32.1 Å². The van der Waals surface area contributed by atoms with E-state index in [0.717, 1.165) is 25.5 Å². The first kappa shape index (κ1) is 20.5. The summed E-state index contributed by atoms with van der Waals surface area (Å²) in [7, 11) is 1.74. The third kappa shape index (κ3) is 6.84. The molecule has 7 heteroatoms. The summed E-state index contributed by atoms with van der Waals surface area (Å²) in [4.78, 5) is 29.9. The van der Waals surface area contributed by atoms with E-state index in [2.05, 4.69) is 20.9 Å². The summed E-state index contributed by atoms with van der Waals surface area (Å²) in [6, 6.07) is 0.234. The lowest BCUT2D eigenvalue weighted by atomic mass is 9.87. The zero-order valence-electron chi connectivity index (χ0n) is 16.4. The molecule has 26 heavy (non-hydrogen) atoms. The summed E-state index contributed by atoms with van der Waals surface area (Å²) in [6.07, 6.45) is 8.40. The molecule has 0 bridgehead atoms. The number of carbonyl (C=O) groups is 2. The van der Waals surface area contributed by atoms with E-state index in [4.69, 9.17) is 0 Å². The standard InChI is InChI=1S/C19H35N5O2/c1-3-18(26)24-12-9-16(14-24)23-19(20-2)22-11-10-21-17(25)13-15-7-5-4-6-8-15/h15-16H,3-14H2,1-2H3,(H,21,25)(H2,20,22,23). The van der Waals surface area contributed by atoms with E-state index in [0.29, 0.717) is 31.8 Å². The first-order chi connectivity index (χ1) is 12.6.